The van der Waals surface area contributed by atoms with Crippen LogP contribution in [0.2, 0.25) is 0 Å². The van der Waals surface area contributed by atoms with Crippen molar-refractivity contribution in [1.29, 1.82) is 0 Å². The molecule has 0 amide bonds. The van der Waals surface area contributed by atoms with Gasteiger partial charge in [0.15, 0.2) is 0 Å². The van der Waals surface area contributed by atoms with Crippen LogP contribution in [0, 0.1) is 0 Å². The molecule has 3 heteroatoms. The van der Waals surface area contributed by atoms with Gasteiger partial charge in [0.05, 0.1) is 5.52 Å². The minimum Gasteiger partial charge on any atom is -0.489 e. The quantitative estimate of drug-likeness (QED) is 0.774. The highest BCUT2D eigenvalue weighted by atomic mass is 16.5. The molecule has 108 valence electrons. The molecule has 0 unspecified atom stereocenters. The van der Waals surface area contributed by atoms with Crippen molar-refractivity contribution in [3.8, 4) is 5.75 Å². The summed E-state index contributed by atoms with van der Waals surface area (Å²) in [6.07, 6.45) is 2.17. The molecule has 0 aliphatic heterocycles. The lowest BCUT2D eigenvalue weighted by Gasteiger charge is -2.06. The van der Waals surface area contributed by atoms with E-state index < -0.39 is 0 Å². The summed E-state index contributed by atoms with van der Waals surface area (Å²) in [5.74, 6) is 0.893. The first-order valence-electron chi connectivity index (χ1n) is 7.31. The Morgan fingerprint density at radius 1 is 1.00 bits per heavy atom. The van der Waals surface area contributed by atoms with E-state index in [-0.39, 0.29) is 0 Å². The molecule has 2 N–H and O–H groups in total. The summed E-state index contributed by atoms with van der Waals surface area (Å²) in [4.78, 5) is 0. The van der Waals surface area contributed by atoms with E-state index in [4.69, 9.17) is 10.5 Å². The van der Waals surface area contributed by atoms with Gasteiger partial charge in [-0.15, -0.1) is 0 Å². The number of aryl methyl sites for hydroxylation is 1. The van der Waals surface area contributed by atoms with Crippen molar-refractivity contribution in [3.05, 3.63) is 65.9 Å². The van der Waals surface area contributed by atoms with Gasteiger partial charge in [0.1, 0.15) is 12.4 Å². The Hall–Kier alpha value is -2.26. The molecule has 0 fully saturated rings. The zero-order valence-corrected chi connectivity index (χ0v) is 12.3. The zero-order chi connectivity index (χ0) is 14.7. The van der Waals surface area contributed by atoms with Crippen LogP contribution in [0.3, 0.4) is 0 Å². The van der Waals surface area contributed by atoms with Crippen LogP contribution in [0.1, 0.15) is 18.1 Å². The molecule has 0 saturated heterocycles. The SMILES string of the molecule is CCn1cc(COc2ccccc2)c2cccc(CN)c21. The Labute approximate surface area is 125 Å². The summed E-state index contributed by atoms with van der Waals surface area (Å²) in [6.45, 7) is 4.20. The Balaban J connectivity index is 1.96. The maximum absolute atomic E-state index is 5.89. The number of para-hydroxylation sites is 2. The third-order valence-corrected chi connectivity index (χ3v) is 3.76. The Kier molecular flexibility index (Phi) is 3.93. The summed E-state index contributed by atoms with van der Waals surface area (Å²) >= 11 is 0. The number of nitrogens with two attached hydrogens (primary N) is 1. The van der Waals surface area contributed by atoms with E-state index in [2.05, 4.69) is 35.9 Å². The van der Waals surface area contributed by atoms with Gasteiger partial charge in [0.2, 0.25) is 0 Å². The number of ether oxygens (including phenoxy) is 1. The number of hydrogen-bond acceptors (Lipinski definition) is 2. The van der Waals surface area contributed by atoms with E-state index in [0.717, 1.165) is 12.3 Å². The molecule has 1 aromatic heterocycles. The molecule has 3 nitrogen and oxygen atoms in total. The molecule has 1 heterocycles. The van der Waals surface area contributed by atoms with Crippen molar-refractivity contribution in [2.24, 2.45) is 5.73 Å². The number of rotatable bonds is 5. The van der Waals surface area contributed by atoms with Crippen LogP contribution in [-0.4, -0.2) is 4.57 Å². The molecule has 2 aromatic carbocycles. The van der Waals surface area contributed by atoms with Crippen molar-refractivity contribution in [2.75, 3.05) is 0 Å². The Bertz CT molecular complexity index is 732. The van der Waals surface area contributed by atoms with E-state index >= 15 is 0 Å². The summed E-state index contributed by atoms with van der Waals surface area (Å²) < 4.78 is 8.14. The van der Waals surface area contributed by atoms with E-state index in [1.54, 1.807) is 0 Å². The molecule has 0 aliphatic carbocycles. The highest BCUT2D eigenvalue weighted by molar-refractivity contribution is 5.86. The average molecular weight is 280 g/mol. The maximum atomic E-state index is 5.89. The van der Waals surface area contributed by atoms with Gasteiger partial charge in [-0.05, 0) is 24.6 Å². The van der Waals surface area contributed by atoms with Crippen LogP contribution in [0.4, 0.5) is 0 Å². The normalized spacial score (nSPS) is 11.0. The largest absolute Gasteiger partial charge is 0.489 e. The van der Waals surface area contributed by atoms with E-state index in [1.807, 2.05) is 30.3 Å². The van der Waals surface area contributed by atoms with Gasteiger partial charge in [-0.2, -0.15) is 0 Å². The smallest absolute Gasteiger partial charge is 0.119 e. The van der Waals surface area contributed by atoms with Crippen LogP contribution in [0.5, 0.6) is 5.75 Å². The molecule has 0 bridgehead atoms. The lowest BCUT2D eigenvalue weighted by molar-refractivity contribution is 0.307. The topological polar surface area (TPSA) is 40.2 Å². The summed E-state index contributed by atoms with van der Waals surface area (Å²) in [5.41, 5.74) is 9.48. The molecule has 0 aliphatic rings. The third-order valence-electron chi connectivity index (χ3n) is 3.76. The highest BCUT2D eigenvalue weighted by Gasteiger charge is 2.11. The van der Waals surface area contributed by atoms with Gasteiger partial charge in [0, 0.05) is 30.2 Å². The molecule has 0 radical (unpaired) electrons. The zero-order valence-electron chi connectivity index (χ0n) is 12.3. The first kappa shape index (κ1) is 13.7. The Morgan fingerprint density at radius 3 is 2.52 bits per heavy atom. The predicted molar refractivity (Wildman–Crippen MR) is 86.3 cm³/mol. The first-order valence-corrected chi connectivity index (χ1v) is 7.31. The summed E-state index contributed by atoms with van der Waals surface area (Å²) in [7, 11) is 0. The van der Waals surface area contributed by atoms with Gasteiger partial charge in [-0.25, -0.2) is 0 Å². The first-order chi connectivity index (χ1) is 10.3. The predicted octanol–water partition coefficient (Wildman–Crippen LogP) is 3.70. The van der Waals surface area contributed by atoms with Crippen LogP contribution in [0.15, 0.2) is 54.7 Å². The molecule has 3 rings (SSSR count). The van der Waals surface area contributed by atoms with Gasteiger partial charge >= 0.3 is 0 Å². The van der Waals surface area contributed by atoms with Crippen molar-refractivity contribution < 1.29 is 4.74 Å². The van der Waals surface area contributed by atoms with Crippen molar-refractivity contribution in [3.63, 3.8) is 0 Å². The van der Waals surface area contributed by atoms with Crippen LogP contribution in [-0.2, 0) is 19.7 Å². The average Bonchev–Trinajstić information content (AvgIpc) is 2.92. The number of nitrogens with zero attached hydrogens (tertiary/aromatic N) is 1. The number of fused-ring (bicyclic) bond motifs is 1. The molecule has 3 aromatic rings. The van der Waals surface area contributed by atoms with E-state index in [9.17, 15) is 0 Å². The standard InChI is InChI=1S/C18H20N2O/c1-2-20-12-15(13-21-16-8-4-3-5-9-16)17-10-6-7-14(11-19)18(17)20/h3-10,12H,2,11,13,19H2,1H3. The second-order valence-corrected chi connectivity index (χ2v) is 5.06. The van der Waals surface area contributed by atoms with E-state index in [0.29, 0.717) is 13.2 Å². The molecule has 0 spiro atoms. The fraction of sp³-hybridized carbons (Fsp3) is 0.222. The number of aromatic nitrogens is 1. The summed E-state index contributed by atoms with van der Waals surface area (Å²) in [5, 5.41) is 1.23. The molecule has 0 saturated carbocycles. The van der Waals surface area contributed by atoms with Crippen LogP contribution in [0.25, 0.3) is 10.9 Å². The molecule has 21 heavy (non-hydrogen) atoms. The molecule has 0 atom stereocenters. The van der Waals surface area contributed by atoms with Crippen LogP contribution >= 0.6 is 0 Å². The number of benzene rings is 2. The molecular weight excluding hydrogens is 260 g/mol. The lowest BCUT2D eigenvalue weighted by atomic mass is 10.1. The minimum absolute atomic E-state index is 0.556. The Morgan fingerprint density at radius 2 is 1.81 bits per heavy atom. The summed E-state index contributed by atoms with van der Waals surface area (Å²) in [6, 6.07) is 16.2. The van der Waals surface area contributed by atoms with Gasteiger partial charge in [0.25, 0.3) is 0 Å². The van der Waals surface area contributed by atoms with Crippen molar-refractivity contribution in [2.45, 2.75) is 26.6 Å². The van der Waals surface area contributed by atoms with Gasteiger partial charge in [-0.1, -0.05) is 36.4 Å². The second kappa shape index (κ2) is 6.02. The van der Waals surface area contributed by atoms with Crippen LogP contribution < -0.4 is 10.5 Å². The number of hydrogen-bond donors (Lipinski definition) is 1. The highest BCUT2D eigenvalue weighted by Crippen LogP contribution is 2.26. The fourth-order valence-corrected chi connectivity index (χ4v) is 2.72. The second-order valence-electron chi connectivity index (χ2n) is 5.06. The van der Waals surface area contributed by atoms with E-state index in [1.165, 1.54) is 22.0 Å². The van der Waals surface area contributed by atoms with Gasteiger partial charge in [-0.3, -0.25) is 0 Å². The minimum atomic E-state index is 0.556. The van der Waals surface area contributed by atoms with Crippen molar-refractivity contribution >= 4 is 10.9 Å². The lowest BCUT2D eigenvalue weighted by Crippen LogP contribution is -2.00. The fourth-order valence-electron chi connectivity index (χ4n) is 2.72. The van der Waals surface area contributed by atoms with Gasteiger partial charge < -0.3 is 15.0 Å². The molecular formula is C18H20N2O. The third kappa shape index (κ3) is 2.65. The maximum Gasteiger partial charge on any atom is 0.119 e. The van der Waals surface area contributed by atoms with Crippen molar-refractivity contribution in [1.82, 2.24) is 4.57 Å². The monoisotopic (exact) mass is 280 g/mol.